The smallest absolute Gasteiger partial charge is 0.253 e. The molecule has 0 radical (unpaired) electrons. The molecule has 0 spiro atoms. The average molecular weight is 483 g/mol. The van der Waals surface area contributed by atoms with Gasteiger partial charge in [0.05, 0.1) is 31.2 Å². The number of tetrazole rings is 1. The van der Waals surface area contributed by atoms with E-state index in [9.17, 15) is 9.59 Å². The fraction of sp³-hybridized carbons (Fsp3) is 0.348. The highest BCUT2D eigenvalue weighted by atomic mass is 32.2. The third-order valence-corrected chi connectivity index (χ3v) is 6.44. The number of hydrogen-bond donors (Lipinski definition) is 2. The minimum absolute atomic E-state index is 0.0469. The quantitative estimate of drug-likeness (QED) is 0.447. The van der Waals surface area contributed by atoms with Crippen LogP contribution in [0.3, 0.4) is 0 Å². The summed E-state index contributed by atoms with van der Waals surface area (Å²) in [7, 11) is 3.12. The largest absolute Gasteiger partial charge is 0.497 e. The van der Waals surface area contributed by atoms with E-state index < -0.39 is 0 Å². The van der Waals surface area contributed by atoms with Gasteiger partial charge in [-0.15, -0.1) is 5.10 Å². The Morgan fingerprint density at radius 2 is 1.91 bits per heavy atom. The first-order chi connectivity index (χ1) is 16.6. The van der Waals surface area contributed by atoms with E-state index in [1.54, 1.807) is 56.7 Å². The minimum Gasteiger partial charge on any atom is -0.497 e. The summed E-state index contributed by atoms with van der Waals surface area (Å²) < 4.78 is 12.2. The molecule has 11 heteroatoms. The van der Waals surface area contributed by atoms with Gasteiger partial charge in [-0.1, -0.05) is 36.7 Å². The molecule has 0 bridgehead atoms. The molecule has 2 aromatic carbocycles. The number of benzene rings is 2. The zero-order valence-corrected chi connectivity index (χ0v) is 19.8. The molecule has 178 valence electrons. The number of para-hydroxylation sites is 1. The molecule has 0 aliphatic heterocycles. The van der Waals surface area contributed by atoms with Crippen LogP contribution in [0.1, 0.15) is 36.0 Å². The second-order valence-corrected chi connectivity index (χ2v) is 8.69. The Hall–Kier alpha value is -3.60. The molecular formula is C23H26N6O4S. The van der Waals surface area contributed by atoms with Crippen molar-refractivity contribution in [2.24, 2.45) is 0 Å². The second-order valence-electron chi connectivity index (χ2n) is 7.75. The van der Waals surface area contributed by atoms with Crippen molar-refractivity contribution >= 4 is 29.3 Å². The van der Waals surface area contributed by atoms with Crippen molar-refractivity contribution in [1.82, 2.24) is 25.5 Å². The summed E-state index contributed by atoms with van der Waals surface area (Å²) in [4.78, 5) is 25.5. The van der Waals surface area contributed by atoms with Crippen molar-refractivity contribution < 1.29 is 19.1 Å². The van der Waals surface area contributed by atoms with Gasteiger partial charge in [-0.25, -0.2) is 0 Å². The number of methoxy groups -OCH3 is 2. The second kappa shape index (κ2) is 11.0. The van der Waals surface area contributed by atoms with E-state index in [0.29, 0.717) is 33.6 Å². The third-order valence-electron chi connectivity index (χ3n) is 5.52. The lowest BCUT2D eigenvalue weighted by Gasteiger charge is -2.15. The number of carbonyl (C=O) groups excluding carboxylic acids is 2. The zero-order chi connectivity index (χ0) is 23.9. The molecule has 1 saturated carbocycles. The van der Waals surface area contributed by atoms with Crippen LogP contribution < -0.4 is 20.1 Å². The van der Waals surface area contributed by atoms with E-state index in [2.05, 4.69) is 26.2 Å². The number of thioether (sulfide) groups is 1. The van der Waals surface area contributed by atoms with Crippen molar-refractivity contribution in [2.45, 2.75) is 36.9 Å². The molecule has 4 rings (SSSR count). The van der Waals surface area contributed by atoms with Crippen LogP contribution in [-0.2, 0) is 4.79 Å². The molecule has 1 heterocycles. The van der Waals surface area contributed by atoms with Gasteiger partial charge in [0.2, 0.25) is 11.1 Å². The van der Waals surface area contributed by atoms with E-state index in [1.165, 1.54) is 16.4 Å². The van der Waals surface area contributed by atoms with Crippen LogP contribution in [0.4, 0.5) is 5.69 Å². The topological polar surface area (TPSA) is 120 Å². The Kier molecular flexibility index (Phi) is 7.63. The SMILES string of the molecule is COc1ccc(OC)c(-n2nnnc2SCC(=O)Nc2ccccc2C(=O)NC2CCCC2)c1. The maximum absolute atomic E-state index is 12.7. The van der Waals surface area contributed by atoms with Crippen LogP contribution in [0.5, 0.6) is 11.5 Å². The monoisotopic (exact) mass is 482 g/mol. The number of anilines is 1. The molecule has 1 fully saturated rings. The van der Waals surface area contributed by atoms with Crippen molar-refractivity contribution in [3.8, 4) is 17.2 Å². The molecule has 2 N–H and O–H groups in total. The highest BCUT2D eigenvalue weighted by Crippen LogP contribution is 2.30. The van der Waals surface area contributed by atoms with E-state index in [0.717, 1.165) is 25.7 Å². The van der Waals surface area contributed by atoms with Crippen molar-refractivity contribution in [3.05, 3.63) is 48.0 Å². The summed E-state index contributed by atoms with van der Waals surface area (Å²) in [5.41, 5.74) is 1.50. The molecule has 10 nitrogen and oxygen atoms in total. The number of ether oxygens (including phenoxy) is 2. The third kappa shape index (κ3) is 5.48. The standard InChI is InChI=1S/C23H26N6O4S/c1-32-16-11-12-20(33-2)19(13-16)29-23(26-27-28-29)34-14-21(30)25-18-10-6-5-9-17(18)22(31)24-15-7-3-4-8-15/h5-6,9-13,15H,3-4,7-8,14H2,1-2H3,(H,24,31)(H,25,30). The van der Waals surface area contributed by atoms with E-state index in [4.69, 9.17) is 9.47 Å². The molecule has 1 aliphatic carbocycles. The number of amides is 2. The zero-order valence-electron chi connectivity index (χ0n) is 19.0. The van der Waals surface area contributed by atoms with Gasteiger partial charge >= 0.3 is 0 Å². The highest BCUT2D eigenvalue weighted by Gasteiger charge is 2.21. The molecular weight excluding hydrogens is 456 g/mol. The van der Waals surface area contributed by atoms with Gasteiger partial charge in [0.15, 0.2) is 0 Å². The van der Waals surface area contributed by atoms with Crippen LogP contribution in [0.2, 0.25) is 0 Å². The number of nitrogens with zero attached hydrogens (tertiary/aromatic N) is 4. The maximum Gasteiger partial charge on any atom is 0.253 e. The molecule has 0 unspecified atom stereocenters. The van der Waals surface area contributed by atoms with Gasteiger partial charge in [-0.2, -0.15) is 4.68 Å². The van der Waals surface area contributed by atoms with Crippen LogP contribution in [-0.4, -0.2) is 58.0 Å². The normalized spacial score (nSPS) is 13.5. The maximum atomic E-state index is 12.7. The van der Waals surface area contributed by atoms with Crippen LogP contribution in [0, 0.1) is 0 Å². The number of rotatable bonds is 9. The summed E-state index contributed by atoms with van der Waals surface area (Å²) in [5.74, 6) is 0.766. The molecule has 0 saturated heterocycles. The molecule has 2 amide bonds. The van der Waals surface area contributed by atoms with Gasteiger partial charge < -0.3 is 20.1 Å². The number of hydrogen-bond acceptors (Lipinski definition) is 8. The van der Waals surface area contributed by atoms with Gasteiger partial charge in [0, 0.05) is 12.1 Å². The highest BCUT2D eigenvalue weighted by molar-refractivity contribution is 7.99. The lowest BCUT2D eigenvalue weighted by molar-refractivity contribution is -0.113. The van der Waals surface area contributed by atoms with E-state index in [-0.39, 0.29) is 23.6 Å². The molecule has 34 heavy (non-hydrogen) atoms. The molecule has 3 aromatic rings. The van der Waals surface area contributed by atoms with Crippen molar-refractivity contribution in [1.29, 1.82) is 0 Å². The molecule has 1 aliphatic rings. The van der Waals surface area contributed by atoms with Gasteiger partial charge in [0.25, 0.3) is 5.91 Å². The number of carbonyl (C=O) groups is 2. The van der Waals surface area contributed by atoms with Crippen molar-refractivity contribution in [2.75, 3.05) is 25.3 Å². The van der Waals surface area contributed by atoms with Crippen LogP contribution >= 0.6 is 11.8 Å². The summed E-state index contributed by atoms with van der Waals surface area (Å²) in [6.45, 7) is 0. The lowest BCUT2D eigenvalue weighted by Crippen LogP contribution is -2.33. The first-order valence-electron chi connectivity index (χ1n) is 10.9. The Bertz CT molecular complexity index is 1160. The summed E-state index contributed by atoms with van der Waals surface area (Å²) in [6, 6.07) is 12.5. The van der Waals surface area contributed by atoms with Gasteiger partial charge in [0.1, 0.15) is 17.2 Å². The predicted octanol–water partition coefficient (Wildman–Crippen LogP) is 3.08. The van der Waals surface area contributed by atoms with Crippen LogP contribution in [0.25, 0.3) is 5.69 Å². The van der Waals surface area contributed by atoms with Gasteiger partial charge in [-0.05, 0) is 47.5 Å². The van der Waals surface area contributed by atoms with Crippen LogP contribution in [0.15, 0.2) is 47.6 Å². The summed E-state index contributed by atoms with van der Waals surface area (Å²) in [6.07, 6.45) is 4.23. The number of aromatic nitrogens is 4. The first kappa shape index (κ1) is 23.6. The average Bonchev–Trinajstić information content (AvgIpc) is 3.54. The van der Waals surface area contributed by atoms with Crippen molar-refractivity contribution in [3.63, 3.8) is 0 Å². The van der Waals surface area contributed by atoms with Gasteiger partial charge in [-0.3, -0.25) is 9.59 Å². The Balaban J connectivity index is 1.43. The Morgan fingerprint density at radius 1 is 1.12 bits per heavy atom. The number of nitrogens with one attached hydrogen (secondary N) is 2. The molecule has 0 atom stereocenters. The summed E-state index contributed by atoms with van der Waals surface area (Å²) >= 11 is 1.17. The minimum atomic E-state index is -0.279. The molecule has 1 aromatic heterocycles. The Labute approximate surface area is 201 Å². The fourth-order valence-electron chi connectivity index (χ4n) is 3.82. The first-order valence-corrected chi connectivity index (χ1v) is 11.9. The lowest BCUT2D eigenvalue weighted by atomic mass is 10.1. The summed E-state index contributed by atoms with van der Waals surface area (Å²) in [5, 5.41) is 18.1. The van der Waals surface area contributed by atoms with E-state index >= 15 is 0 Å². The Morgan fingerprint density at radius 3 is 2.68 bits per heavy atom. The van der Waals surface area contributed by atoms with E-state index in [1.807, 2.05) is 0 Å². The predicted molar refractivity (Wildman–Crippen MR) is 128 cm³/mol. The fourth-order valence-corrected chi connectivity index (χ4v) is 4.51.